The molecule has 1 rings (SSSR count). The number of hydrogen-bond donors (Lipinski definition) is 2. The van der Waals surface area contributed by atoms with Crippen molar-refractivity contribution in [2.45, 2.75) is 202 Å². The summed E-state index contributed by atoms with van der Waals surface area (Å²) in [6.45, 7) is 67.8. The maximum atomic E-state index is 4.10. The van der Waals surface area contributed by atoms with Gasteiger partial charge in [-0.15, -0.1) is 6.58 Å². The van der Waals surface area contributed by atoms with E-state index in [2.05, 4.69) is 175 Å². The second-order valence-electron chi connectivity index (χ2n) is 19.3. The van der Waals surface area contributed by atoms with E-state index in [0.29, 0.717) is 29.2 Å². The Bertz CT molecular complexity index is 1000. The van der Waals surface area contributed by atoms with E-state index in [4.69, 9.17) is 0 Å². The molecule has 1 saturated carbocycles. The average Bonchev–Trinajstić information content (AvgIpc) is 2.97. The lowest BCUT2D eigenvalue weighted by molar-refractivity contribution is 0.173. The number of nitrogens with one attached hydrogen (secondary N) is 2. The van der Waals surface area contributed by atoms with Crippen molar-refractivity contribution >= 4 is 0 Å². The Balaban J connectivity index is -0.000000301. The molecule has 0 saturated heterocycles. The lowest BCUT2D eigenvalue weighted by atomic mass is 9.70. The first-order valence-electron chi connectivity index (χ1n) is 21.0. The van der Waals surface area contributed by atoms with Crippen LogP contribution in [-0.4, -0.2) is 12.1 Å². The third-order valence-corrected chi connectivity index (χ3v) is 10.2. The van der Waals surface area contributed by atoms with Crippen LogP contribution in [0.1, 0.15) is 190 Å². The van der Waals surface area contributed by atoms with Crippen molar-refractivity contribution in [3.63, 3.8) is 0 Å². The molecule has 0 radical (unpaired) electrons. The summed E-state index contributed by atoms with van der Waals surface area (Å²) < 4.78 is 0. The van der Waals surface area contributed by atoms with Gasteiger partial charge in [-0.1, -0.05) is 197 Å². The fraction of sp³-hybridized carbons (Fsp3) is 0.760. The molecular weight excluding hydrogens is 629 g/mol. The van der Waals surface area contributed by atoms with Gasteiger partial charge in [-0.3, -0.25) is 0 Å². The smallest absolute Gasteiger partial charge is 0.0919 e. The fourth-order valence-corrected chi connectivity index (χ4v) is 6.14. The van der Waals surface area contributed by atoms with Crippen molar-refractivity contribution in [3.05, 3.63) is 73.2 Å². The summed E-state index contributed by atoms with van der Waals surface area (Å²) >= 11 is 0. The molecule has 1 aliphatic carbocycles. The Labute approximate surface area is 331 Å². The highest BCUT2D eigenvalue weighted by molar-refractivity contribution is 5.24. The Hall–Kier alpha value is -1.96. The largest absolute Gasteiger partial charge is 0.369 e. The molecular formula is C50H98N2. The van der Waals surface area contributed by atoms with Crippen LogP contribution in [0.5, 0.6) is 0 Å². The minimum atomic E-state index is 0.135. The van der Waals surface area contributed by atoms with Crippen molar-refractivity contribution in [1.82, 2.24) is 10.6 Å². The SMILES string of the molecule is C=C(C)C.C=C(C)C(=C)C(C)CC1CCC1.C=C(C)C(C)C(CCC)C(C)(C)C.C=C(NC(CC)C(C)C)NC(C(=C)C)C(C)(C)C.CCC(C)C. The van der Waals surface area contributed by atoms with Crippen molar-refractivity contribution in [2.75, 3.05) is 0 Å². The monoisotopic (exact) mass is 727 g/mol. The molecule has 0 aliphatic heterocycles. The summed E-state index contributed by atoms with van der Waals surface area (Å²) in [5, 5.41) is 6.95. The van der Waals surface area contributed by atoms with E-state index in [9.17, 15) is 0 Å². The molecule has 5 unspecified atom stereocenters. The summed E-state index contributed by atoms with van der Waals surface area (Å²) in [5.41, 5.74) is 6.59. The van der Waals surface area contributed by atoms with Crippen LogP contribution in [0.25, 0.3) is 0 Å². The minimum absolute atomic E-state index is 0.135. The van der Waals surface area contributed by atoms with E-state index >= 15 is 0 Å². The van der Waals surface area contributed by atoms with E-state index in [0.717, 1.165) is 41.1 Å². The summed E-state index contributed by atoms with van der Waals surface area (Å²) in [7, 11) is 0. The van der Waals surface area contributed by atoms with Crippen molar-refractivity contribution in [1.29, 1.82) is 0 Å². The lowest BCUT2D eigenvalue weighted by Crippen LogP contribution is -2.46. The molecule has 0 aromatic rings. The molecule has 0 bridgehead atoms. The van der Waals surface area contributed by atoms with Gasteiger partial charge >= 0.3 is 0 Å². The van der Waals surface area contributed by atoms with Crippen LogP contribution < -0.4 is 10.6 Å². The first kappa shape index (κ1) is 56.8. The molecule has 52 heavy (non-hydrogen) atoms. The van der Waals surface area contributed by atoms with Crippen LogP contribution in [0.2, 0.25) is 0 Å². The minimum Gasteiger partial charge on any atom is -0.369 e. The van der Waals surface area contributed by atoms with E-state index < -0.39 is 0 Å². The van der Waals surface area contributed by atoms with Crippen molar-refractivity contribution in [3.8, 4) is 0 Å². The maximum absolute atomic E-state index is 4.10. The molecule has 0 heterocycles. The lowest BCUT2D eigenvalue weighted by Gasteiger charge is -2.36. The van der Waals surface area contributed by atoms with Gasteiger partial charge in [0, 0.05) is 6.04 Å². The Kier molecular flexibility index (Phi) is 32.1. The zero-order valence-electron chi connectivity index (χ0n) is 39.5. The van der Waals surface area contributed by atoms with E-state index in [1.165, 1.54) is 61.7 Å². The number of hydrogen-bond acceptors (Lipinski definition) is 2. The molecule has 2 nitrogen and oxygen atoms in total. The van der Waals surface area contributed by atoms with Crippen LogP contribution in [0.4, 0.5) is 0 Å². The molecule has 0 aromatic carbocycles. The second-order valence-corrected chi connectivity index (χ2v) is 19.3. The molecule has 2 heteroatoms. The molecule has 5 atom stereocenters. The van der Waals surface area contributed by atoms with E-state index in [-0.39, 0.29) is 11.5 Å². The topological polar surface area (TPSA) is 24.1 Å². The Morgan fingerprint density at radius 3 is 1.35 bits per heavy atom. The van der Waals surface area contributed by atoms with E-state index in [1.54, 1.807) is 0 Å². The van der Waals surface area contributed by atoms with Crippen LogP contribution in [-0.2, 0) is 0 Å². The van der Waals surface area contributed by atoms with Crippen LogP contribution >= 0.6 is 0 Å². The van der Waals surface area contributed by atoms with Crippen molar-refractivity contribution < 1.29 is 0 Å². The zero-order valence-corrected chi connectivity index (χ0v) is 39.5. The quantitative estimate of drug-likeness (QED) is 0.122. The third-order valence-electron chi connectivity index (χ3n) is 10.2. The van der Waals surface area contributed by atoms with Gasteiger partial charge in [0.25, 0.3) is 0 Å². The predicted molar refractivity (Wildman–Crippen MR) is 245 cm³/mol. The molecule has 0 aromatic heterocycles. The van der Waals surface area contributed by atoms with Gasteiger partial charge in [0.1, 0.15) is 0 Å². The third kappa shape index (κ3) is 30.5. The molecule has 2 N–H and O–H groups in total. The van der Waals surface area contributed by atoms with Gasteiger partial charge in [0.15, 0.2) is 0 Å². The van der Waals surface area contributed by atoms with Gasteiger partial charge < -0.3 is 10.6 Å². The van der Waals surface area contributed by atoms with Gasteiger partial charge in [0.2, 0.25) is 0 Å². The van der Waals surface area contributed by atoms with Crippen LogP contribution in [0.3, 0.4) is 0 Å². The summed E-state index contributed by atoms with van der Waals surface area (Å²) in [6, 6.07) is 0.706. The highest BCUT2D eigenvalue weighted by Gasteiger charge is 2.29. The first-order valence-corrected chi connectivity index (χ1v) is 21.0. The van der Waals surface area contributed by atoms with E-state index in [1.807, 2.05) is 13.8 Å². The molecule has 1 fully saturated rings. The Morgan fingerprint density at radius 1 is 0.673 bits per heavy atom. The highest BCUT2D eigenvalue weighted by atomic mass is 15.1. The number of rotatable bonds is 16. The van der Waals surface area contributed by atoms with Gasteiger partial charge in [0.05, 0.1) is 11.9 Å². The van der Waals surface area contributed by atoms with Crippen LogP contribution in [0.15, 0.2) is 73.2 Å². The van der Waals surface area contributed by atoms with Gasteiger partial charge in [-0.25, -0.2) is 0 Å². The average molecular weight is 727 g/mol. The molecule has 0 amide bonds. The van der Waals surface area contributed by atoms with Crippen LogP contribution in [0, 0.1) is 46.3 Å². The Morgan fingerprint density at radius 2 is 1.12 bits per heavy atom. The normalized spacial score (nSPS) is 15.4. The van der Waals surface area contributed by atoms with Gasteiger partial charge in [-0.2, -0.15) is 0 Å². The fourth-order valence-electron chi connectivity index (χ4n) is 6.14. The summed E-state index contributed by atoms with van der Waals surface area (Å²) in [5.74, 6) is 5.44. The first-order chi connectivity index (χ1) is 23.5. The maximum Gasteiger partial charge on any atom is 0.0919 e. The molecule has 0 spiro atoms. The summed E-state index contributed by atoms with van der Waals surface area (Å²) in [6.07, 6.45) is 10.6. The molecule has 308 valence electrons. The van der Waals surface area contributed by atoms with Crippen molar-refractivity contribution in [2.24, 2.45) is 46.3 Å². The summed E-state index contributed by atoms with van der Waals surface area (Å²) in [4.78, 5) is 0. The van der Waals surface area contributed by atoms with Gasteiger partial charge in [-0.05, 0) is 100 Å². The predicted octanol–water partition coefficient (Wildman–Crippen LogP) is 16.3. The zero-order chi connectivity index (χ0) is 42.2. The standard InChI is InChI=1S/C16H32N2.C13H26.C12H20.C5H12.C4H8/c1-10-14(11(2)3)17-13(6)18-15(12(4)5)16(7,8)9;1-8-9-12(13(5,6)7)11(4)10(2)3;1-9(2)11(4)10(3)8-12-6-5-7-12;1-4-5(2)3;1-4(2)3/h11,14-15,17-18H,4,6,10H2,1-3,5,7-9H3;11-12H,2,8-9H2,1,3-7H3;10,12H,1,4-8H2,2-3H3;5H,4H2,1-3H3;1H2,2-3H3. The second kappa shape index (κ2) is 29.4. The molecule has 1 aliphatic rings. The number of allylic oxidation sites excluding steroid dienone is 4. The highest BCUT2D eigenvalue weighted by Crippen LogP contribution is 2.38.